The molecule has 2 aromatic rings. The predicted molar refractivity (Wildman–Crippen MR) is 129 cm³/mol. The maximum atomic E-state index is 14.6. The molecule has 1 aliphatic carbocycles. The summed E-state index contributed by atoms with van der Waals surface area (Å²) < 4.78 is 39.8. The van der Waals surface area contributed by atoms with E-state index in [1.807, 2.05) is 35.3 Å². The van der Waals surface area contributed by atoms with Gasteiger partial charge in [-0.15, -0.1) is 0 Å². The summed E-state index contributed by atoms with van der Waals surface area (Å²) in [7, 11) is 3.06. The van der Waals surface area contributed by atoms with E-state index >= 15 is 0 Å². The minimum Gasteiger partial charge on any atom is -0.381 e. The van der Waals surface area contributed by atoms with Crippen LogP contribution in [-0.4, -0.2) is 66.8 Å². The molecule has 1 saturated heterocycles. The molecule has 1 atom stereocenters. The van der Waals surface area contributed by atoms with Crippen molar-refractivity contribution in [3.8, 4) is 0 Å². The van der Waals surface area contributed by atoms with Crippen molar-refractivity contribution in [2.45, 2.75) is 62.8 Å². The van der Waals surface area contributed by atoms with Crippen LogP contribution < -0.4 is 15.2 Å². The highest BCUT2D eigenvalue weighted by molar-refractivity contribution is 5.80. The third kappa shape index (κ3) is 4.80. The Bertz CT molecular complexity index is 1030. The Hall–Kier alpha value is -2.53. The number of anilines is 4. The lowest BCUT2D eigenvalue weighted by molar-refractivity contribution is -0.152. The standard InChI is InChI=1S/C25H33F2N5O3/c1-34-20-8-5-18(6-9-20)32(33)31-15-17-4-3-12-28-24(17)29-21-10-7-19(14-22(21)31)30-13-11-23(35-2)25(26,27)16-30/h3-4,7,10,12,14,18,20,23,33H,5-6,8-9,11,13,15-16H2,1-2H3,(H,28,29). The Kier molecular flexibility index (Phi) is 6.80. The zero-order valence-electron chi connectivity index (χ0n) is 20.2. The first kappa shape index (κ1) is 24.2. The molecule has 2 aliphatic heterocycles. The summed E-state index contributed by atoms with van der Waals surface area (Å²) >= 11 is 0. The summed E-state index contributed by atoms with van der Waals surface area (Å²) in [4.78, 5) is 6.17. The van der Waals surface area contributed by atoms with Crippen LogP contribution in [0.4, 0.5) is 31.7 Å². The van der Waals surface area contributed by atoms with Crippen LogP contribution in [0, 0.1) is 0 Å². The number of aromatic nitrogens is 1. The number of piperidine rings is 1. The normalized spacial score (nSPS) is 26.1. The number of halogens is 2. The van der Waals surface area contributed by atoms with Crippen LogP contribution in [0.1, 0.15) is 37.7 Å². The van der Waals surface area contributed by atoms with E-state index in [4.69, 9.17) is 9.47 Å². The number of fused-ring (bicyclic) bond motifs is 2. The van der Waals surface area contributed by atoms with Gasteiger partial charge in [0.2, 0.25) is 0 Å². The lowest BCUT2D eigenvalue weighted by Crippen LogP contribution is -2.52. The highest BCUT2D eigenvalue weighted by atomic mass is 19.3. The minimum absolute atomic E-state index is 0.0714. The third-order valence-corrected chi connectivity index (χ3v) is 7.46. The van der Waals surface area contributed by atoms with E-state index < -0.39 is 18.6 Å². The number of ether oxygens (including phenoxy) is 2. The molecule has 3 aliphatic rings. The summed E-state index contributed by atoms with van der Waals surface area (Å²) in [5.41, 5.74) is 3.09. The van der Waals surface area contributed by atoms with Crippen molar-refractivity contribution in [3.63, 3.8) is 0 Å². The Morgan fingerprint density at radius 1 is 1.11 bits per heavy atom. The first-order valence-electron chi connectivity index (χ1n) is 12.2. The number of methoxy groups -OCH3 is 2. The molecular weight excluding hydrogens is 456 g/mol. The molecule has 0 spiro atoms. The molecule has 35 heavy (non-hydrogen) atoms. The summed E-state index contributed by atoms with van der Waals surface area (Å²) in [6.07, 6.45) is 4.44. The maximum Gasteiger partial charge on any atom is 0.290 e. The van der Waals surface area contributed by atoms with Crippen LogP contribution in [0.25, 0.3) is 0 Å². The SMILES string of the molecule is COC1CCC(N(O)N2Cc3cccnc3Nc3ccc(N4CCC(OC)C(F)(F)C4)cc32)CC1. The fourth-order valence-electron chi connectivity index (χ4n) is 5.41. The van der Waals surface area contributed by atoms with Crippen LogP contribution in [0.15, 0.2) is 36.5 Å². The number of hydrogen-bond donors (Lipinski definition) is 2. The first-order valence-corrected chi connectivity index (χ1v) is 12.2. The van der Waals surface area contributed by atoms with Gasteiger partial charge in [0.25, 0.3) is 5.92 Å². The molecule has 0 bridgehead atoms. The third-order valence-electron chi connectivity index (χ3n) is 7.46. The molecule has 2 N–H and O–H groups in total. The van der Waals surface area contributed by atoms with Gasteiger partial charge >= 0.3 is 0 Å². The molecule has 1 saturated carbocycles. The lowest BCUT2D eigenvalue weighted by atomic mass is 9.93. The van der Waals surface area contributed by atoms with Gasteiger partial charge in [0.05, 0.1) is 36.6 Å². The van der Waals surface area contributed by atoms with E-state index in [-0.39, 0.29) is 18.6 Å². The molecule has 1 aromatic heterocycles. The summed E-state index contributed by atoms with van der Waals surface area (Å²) in [6.45, 7) is 0.449. The van der Waals surface area contributed by atoms with Gasteiger partial charge in [0.1, 0.15) is 11.9 Å². The molecule has 0 radical (unpaired) electrons. The second kappa shape index (κ2) is 9.85. The zero-order valence-corrected chi connectivity index (χ0v) is 20.2. The van der Waals surface area contributed by atoms with E-state index in [0.29, 0.717) is 30.3 Å². The molecule has 3 heterocycles. The van der Waals surface area contributed by atoms with Crippen molar-refractivity contribution >= 4 is 22.9 Å². The molecule has 0 amide bonds. The van der Waals surface area contributed by atoms with Gasteiger partial charge in [-0.3, -0.25) is 10.2 Å². The highest BCUT2D eigenvalue weighted by Gasteiger charge is 2.45. The lowest BCUT2D eigenvalue weighted by Gasteiger charge is -2.41. The predicted octanol–water partition coefficient (Wildman–Crippen LogP) is 4.57. The number of rotatable bonds is 5. The number of hydroxylamine groups is 1. The molecular formula is C25H33F2N5O3. The fraction of sp³-hybridized carbons (Fsp3) is 0.560. The number of nitrogens with zero attached hydrogens (tertiary/aromatic N) is 4. The quantitative estimate of drug-likeness (QED) is 0.592. The summed E-state index contributed by atoms with van der Waals surface area (Å²) in [5, 5.41) is 18.0. The van der Waals surface area contributed by atoms with Crippen LogP contribution in [0.2, 0.25) is 0 Å². The van der Waals surface area contributed by atoms with Crippen molar-refractivity contribution < 1.29 is 23.5 Å². The van der Waals surface area contributed by atoms with Gasteiger partial charge in [-0.1, -0.05) is 11.2 Å². The monoisotopic (exact) mass is 489 g/mol. The van der Waals surface area contributed by atoms with E-state index in [9.17, 15) is 14.0 Å². The topological polar surface area (TPSA) is 73.3 Å². The van der Waals surface area contributed by atoms with Gasteiger partial charge in [0, 0.05) is 38.2 Å². The summed E-state index contributed by atoms with van der Waals surface area (Å²) in [5.74, 6) is -2.23. The summed E-state index contributed by atoms with van der Waals surface area (Å²) in [6, 6.07) is 9.36. The Morgan fingerprint density at radius 2 is 1.91 bits per heavy atom. The number of pyridine rings is 1. The molecule has 8 nitrogen and oxygen atoms in total. The Balaban J connectivity index is 1.47. The van der Waals surface area contributed by atoms with Crippen molar-refractivity contribution in [1.82, 2.24) is 10.2 Å². The Morgan fingerprint density at radius 3 is 2.63 bits per heavy atom. The van der Waals surface area contributed by atoms with Gasteiger partial charge in [0.15, 0.2) is 0 Å². The average Bonchev–Trinajstić information content (AvgIpc) is 3.04. The maximum absolute atomic E-state index is 14.6. The van der Waals surface area contributed by atoms with E-state index in [1.165, 1.54) is 12.3 Å². The number of nitrogens with one attached hydrogen (secondary N) is 1. The molecule has 5 rings (SSSR count). The highest BCUT2D eigenvalue weighted by Crippen LogP contribution is 2.41. The largest absolute Gasteiger partial charge is 0.381 e. The van der Waals surface area contributed by atoms with E-state index in [0.717, 1.165) is 36.9 Å². The first-order chi connectivity index (χ1) is 16.9. The second-order valence-electron chi connectivity index (χ2n) is 9.58. The minimum atomic E-state index is -2.94. The van der Waals surface area contributed by atoms with Gasteiger partial charge in [-0.25, -0.2) is 13.8 Å². The number of benzene rings is 1. The van der Waals surface area contributed by atoms with Crippen LogP contribution >= 0.6 is 0 Å². The van der Waals surface area contributed by atoms with Crippen molar-refractivity contribution in [2.75, 3.05) is 42.5 Å². The zero-order chi connectivity index (χ0) is 24.6. The second-order valence-corrected chi connectivity index (χ2v) is 9.58. The smallest absolute Gasteiger partial charge is 0.290 e. The van der Waals surface area contributed by atoms with E-state index in [1.54, 1.807) is 18.2 Å². The van der Waals surface area contributed by atoms with Crippen molar-refractivity contribution in [1.29, 1.82) is 0 Å². The average molecular weight is 490 g/mol. The van der Waals surface area contributed by atoms with E-state index in [2.05, 4.69) is 10.3 Å². The molecule has 1 aromatic carbocycles. The van der Waals surface area contributed by atoms with Crippen molar-refractivity contribution in [3.05, 3.63) is 42.1 Å². The molecule has 10 heteroatoms. The van der Waals surface area contributed by atoms with Crippen molar-refractivity contribution in [2.24, 2.45) is 0 Å². The fourth-order valence-corrected chi connectivity index (χ4v) is 5.41. The molecule has 1 unspecified atom stereocenters. The van der Waals surface area contributed by atoms with Gasteiger partial charge in [-0.2, -0.15) is 0 Å². The molecule has 190 valence electrons. The number of hydrazine groups is 1. The van der Waals surface area contributed by atoms with Crippen LogP contribution in [0.3, 0.4) is 0 Å². The molecule has 2 fully saturated rings. The Labute approximate surface area is 204 Å². The van der Waals surface area contributed by atoms with Crippen LogP contribution in [-0.2, 0) is 16.0 Å². The number of alkyl halides is 2. The van der Waals surface area contributed by atoms with Crippen LogP contribution in [0.5, 0.6) is 0 Å². The van der Waals surface area contributed by atoms with Gasteiger partial charge < -0.3 is 19.7 Å². The van der Waals surface area contributed by atoms with Gasteiger partial charge in [-0.05, 0) is 56.4 Å². The number of hydrogen-bond acceptors (Lipinski definition) is 8.